The molecule has 0 aromatic carbocycles. The number of rotatable bonds is 3. The standard InChI is InChI=1S/C13H23N5O2/c1-13(2,3)18(12(19)20)10(11-14-16-17-15-11)9-7-5-4-6-8-9/h9-10H,4-8H2,1-3H3,(H,19,20)(H,14,15,16,17)/p-1/t10-/m0/s1. The molecule has 0 unspecified atom stereocenters. The van der Waals surface area contributed by atoms with Crippen LogP contribution in [0.1, 0.15) is 64.7 Å². The third-order valence-electron chi connectivity index (χ3n) is 3.92. The molecule has 0 radical (unpaired) electrons. The largest absolute Gasteiger partial charge is 0.530 e. The van der Waals surface area contributed by atoms with Crippen molar-refractivity contribution in [3.05, 3.63) is 5.82 Å². The molecule has 7 heteroatoms. The van der Waals surface area contributed by atoms with Gasteiger partial charge in [-0.15, -0.1) is 10.2 Å². The van der Waals surface area contributed by atoms with E-state index >= 15 is 0 Å². The highest BCUT2D eigenvalue weighted by Gasteiger charge is 2.38. The van der Waals surface area contributed by atoms with Crippen molar-refractivity contribution in [1.82, 2.24) is 25.5 Å². The van der Waals surface area contributed by atoms with Crippen molar-refractivity contribution in [2.45, 2.75) is 64.5 Å². The Bertz CT molecular complexity index is 434. The number of carboxylic acid groups (broad SMARTS) is 1. The van der Waals surface area contributed by atoms with Gasteiger partial charge in [-0.05, 0) is 39.5 Å². The molecule has 1 aromatic heterocycles. The number of carbonyl (C=O) groups is 1. The third kappa shape index (κ3) is 3.08. The fraction of sp³-hybridized carbons (Fsp3) is 0.846. The van der Waals surface area contributed by atoms with Crippen molar-refractivity contribution >= 4 is 6.09 Å². The average Bonchev–Trinajstić information content (AvgIpc) is 2.88. The summed E-state index contributed by atoms with van der Waals surface area (Å²) < 4.78 is 0. The quantitative estimate of drug-likeness (QED) is 0.899. The van der Waals surface area contributed by atoms with Crippen molar-refractivity contribution in [3.63, 3.8) is 0 Å². The van der Waals surface area contributed by atoms with Crippen LogP contribution in [0.4, 0.5) is 4.79 Å². The van der Waals surface area contributed by atoms with Crippen molar-refractivity contribution < 1.29 is 9.90 Å². The normalized spacial score (nSPS) is 18.8. The summed E-state index contributed by atoms with van der Waals surface area (Å²) in [6, 6.07) is -0.390. The monoisotopic (exact) mass is 280 g/mol. The van der Waals surface area contributed by atoms with Gasteiger partial charge in [0.15, 0.2) is 5.82 Å². The van der Waals surface area contributed by atoms with Crippen molar-refractivity contribution in [1.29, 1.82) is 0 Å². The highest BCUT2D eigenvalue weighted by atomic mass is 16.4. The lowest BCUT2D eigenvalue weighted by molar-refractivity contribution is -0.275. The Labute approximate surface area is 118 Å². The van der Waals surface area contributed by atoms with E-state index in [1.165, 1.54) is 11.3 Å². The van der Waals surface area contributed by atoms with E-state index in [1.54, 1.807) is 0 Å². The lowest BCUT2D eigenvalue weighted by atomic mass is 9.81. The van der Waals surface area contributed by atoms with Gasteiger partial charge in [-0.3, -0.25) is 0 Å². The second-order valence-corrected chi connectivity index (χ2v) is 6.42. The number of aromatic amines is 1. The van der Waals surface area contributed by atoms with E-state index in [-0.39, 0.29) is 12.0 Å². The number of nitrogens with one attached hydrogen (secondary N) is 1. The molecular formula is C13H22N5O2-. The van der Waals surface area contributed by atoms with E-state index in [4.69, 9.17) is 0 Å². The maximum atomic E-state index is 11.7. The molecule has 20 heavy (non-hydrogen) atoms. The minimum atomic E-state index is -1.18. The second kappa shape index (κ2) is 5.76. The molecule has 112 valence electrons. The zero-order chi connectivity index (χ0) is 14.8. The van der Waals surface area contributed by atoms with Gasteiger partial charge in [0.1, 0.15) is 6.09 Å². The zero-order valence-electron chi connectivity index (χ0n) is 12.3. The molecule has 1 aliphatic rings. The van der Waals surface area contributed by atoms with Gasteiger partial charge in [0, 0.05) is 5.54 Å². The molecule has 1 N–H and O–H groups in total. The highest BCUT2D eigenvalue weighted by molar-refractivity contribution is 5.64. The molecule has 1 heterocycles. The van der Waals surface area contributed by atoms with Crippen LogP contribution in [-0.2, 0) is 0 Å². The summed E-state index contributed by atoms with van der Waals surface area (Å²) in [5, 5.41) is 25.7. The number of amides is 1. The van der Waals surface area contributed by atoms with Crippen LogP contribution < -0.4 is 5.11 Å². The summed E-state index contributed by atoms with van der Waals surface area (Å²) in [6.45, 7) is 5.58. The fourth-order valence-corrected chi connectivity index (χ4v) is 3.09. The zero-order valence-corrected chi connectivity index (χ0v) is 12.3. The number of aromatic nitrogens is 4. The Kier molecular flexibility index (Phi) is 4.25. The summed E-state index contributed by atoms with van der Waals surface area (Å²) in [4.78, 5) is 13.0. The van der Waals surface area contributed by atoms with Gasteiger partial charge in [0.2, 0.25) is 0 Å². The van der Waals surface area contributed by atoms with Gasteiger partial charge in [-0.1, -0.05) is 24.5 Å². The van der Waals surface area contributed by atoms with E-state index in [9.17, 15) is 9.90 Å². The minimum absolute atomic E-state index is 0.221. The van der Waals surface area contributed by atoms with Crippen molar-refractivity contribution in [3.8, 4) is 0 Å². The van der Waals surface area contributed by atoms with Crippen molar-refractivity contribution in [2.75, 3.05) is 0 Å². The maximum absolute atomic E-state index is 11.7. The maximum Gasteiger partial charge on any atom is 0.197 e. The predicted molar refractivity (Wildman–Crippen MR) is 70.5 cm³/mol. The van der Waals surface area contributed by atoms with Crippen LogP contribution in [-0.4, -0.2) is 37.2 Å². The molecular weight excluding hydrogens is 258 g/mol. The van der Waals surface area contributed by atoms with E-state index in [1.807, 2.05) is 20.8 Å². The fourth-order valence-electron chi connectivity index (χ4n) is 3.09. The van der Waals surface area contributed by atoms with Crippen LogP contribution >= 0.6 is 0 Å². The van der Waals surface area contributed by atoms with Gasteiger partial charge in [0.25, 0.3) is 0 Å². The summed E-state index contributed by atoms with van der Waals surface area (Å²) in [6.07, 6.45) is 4.22. The van der Waals surface area contributed by atoms with Gasteiger partial charge < -0.3 is 14.8 Å². The lowest BCUT2D eigenvalue weighted by Crippen LogP contribution is -2.55. The third-order valence-corrected chi connectivity index (χ3v) is 3.92. The first kappa shape index (κ1) is 14.7. The predicted octanol–water partition coefficient (Wildman–Crippen LogP) is 1.26. The first-order valence-corrected chi connectivity index (χ1v) is 7.15. The smallest absolute Gasteiger partial charge is 0.197 e. The molecule has 7 nitrogen and oxygen atoms in total. The highest BCUT2D eigenvalue weighted by Crippen LogP contribution is 2.39. The van der Waals surface area contributed by atoms with E-state index in [0.717, 1.165) is 25.7 Å². The van der Waals surface area contributed by atoms with Crippen LogP contribution in [0.3, 0.4) is 0 Å². The first-order valence-electron chi connectivity index (χ1n) is 7.15. The molecule has 1 aromatic rings. The number of nitrogens with zero attached hydrogens (tertiary/aromatic N) is 4. The molecule has 0 spiro atoms. The van der Waals surface area contributed by atoms with E-state index in [0.29, 0.717) is 5.82 Å². The van der Waals surface area contributed by atoms with Crippen LogP contribution in [0, 0.1) is 5.92 Å². The summed E-state index contributed by atoms with van der Waals surface area (Å²) >= 11 is 0. The van der Waals surface area contributed by atoms with Crippen LogP contribution in [0.2, 0.25) is 0 Å². The molecule has 2 rings (SSSR count). The SMILES string of the molecule is CC(C)(C)N(C(=O)[O-])[C@H](c1nn[nH]n1)C1CCCCC1. The van der Waals surface area contributed by atoms with E-state index in [2.05, 4.69) is 20.6 Å². The molecule has 1 saturated carbocycles. The first-order chi connectivity index (χ1) is 9.41. The topological polar surface area (TPSA) is 97.8 Å². The summed E-state index contributed by atoms with van der Waals surface area (Å²) in [5.41, 5.74) is -0.568. The molecule has 1 aliphatic carbocycles. The summed E-state index contributed by atoms with van der Waals surface area (Å²) in [5.74, 6) is 0.662. The summed E-state index contributed by atoms with van der Waals surface area (Å²) in [7, 11) is 0. The average molecular weight is 280 g/mol. The van der Waals surface area contributed by atoms with Gasteiger partial charge >= 0.3 is 0 Å². The molecule has 0 aliphatic heterocycles. The number of carbonyl (C=O) groups excluding carboxylic acids is 1. The van der Waals surface area contributed by atoms with Gasteiger partial charge in [0.05, 0.1) is 6.04 Å². The van der Waals surface area contributed by atoms with Crippen LogP contribution in [0.5, 0.6) is 0 Å². The van der Waals surface area contributed by atoms with Crippen molar-refractivity contribution in [2.24, 2.45) is 5.92 Å². The number of hydrogen-bond acceptors (Lipinski definition) is 5. The Morgan fingerprint density at radius 1 is 1.35 bits per heavy atom. The number of H-pyrrole nitrogens is 1. The Balaban J connectivity index is 2.36. The molecule has 1 amide bonds. The van der Waals surface area contributed by atoms with Crippen LogP contribution in [0.15, 0.2) is 0 Å². The Hall–Kier alpha value is -1.66. The lowest BCUT2D eigenvalue weighted by Gasteiger charge is -2.46. The Morgan fingerprint density at radius 2 is 2.00 bits per heavy atom. The van der Waals surface area contributed by atoms with Gasteiger partial charge in [-0.2, -0.15) is 5.21 Å². The molecule has 0 saturated heterocycles. The van der Waals surface area contributed by atoms with Gasteiger partial charge in [-0.25, -0.2) is 0 Å². The van der Waals surface area contributed by atoms with E-state index < -0.39 is 11.6 Å². The Morgan fingerprint density at radius 3 is 2.45 bits per heavy atom. The number of tetrazole rings is 1. The molecule has 1 atom stereocenters. The minimum Gasteiger partial charge on any atom is -0.530 e. The second-order valence-electron chi connectivity index (χ2n) is 6.42. The molecule has 0 bridgehead atoms. The number of hydrogen-bond donors (Lipinski definition) is 1. The van der Waals surface area contributed by atoms with Crippen LogP contribution in [0.25, 0.3) is 0 Å². The molecule has 1 fully saturated rings.